The molecule has 0 amide bonds. The molecule has 0 atom stereocenters. The van der Waals surface area contributed by atoms with Gasteiger partial charge in [0.15, 0.2) is 0 Å². The minimum atomic E-state index is -10.7. The number of hydrogen-bond acceptors (Lipinski definition) is 1. The Labute approximate surface area is 148 Å². The van der Waals surface area contributed by atoms with E-state index in [1.54, 1.807) is 0 Å². The summed E-state index contributed by atoms with van der Waals surface area (Å²) in [5.41, 5.74) is 6.30. The summed E-state index contributed by atoms with van der Waals surface area (Å²) in [5.74, 6) is 0. The summed E-state index contributed by atoms with van der Waals surface area (Å²) in [4.78, 5) is 0. The zero-order chi connectivity index (χ0) is 20.1. The monoisotopic (exact) mass is 401 g/mol. The number of nitrogens with two attached hydrogens (primary N) is 1. The number of aliphatic hydroxyl groups excluding tert-OH is 1. The van der Waals surface area contributed by atoms with Crippen molar-refractivity contribution in [3.63, 3.8) is 0 Å². The van der Waals surface area contributed by atoms with Crippen LogP contribution in [0.1, 0.15) is 27.8 Å². The van der Waals surface area contributed by atoms with E-state index >= 15 is 0 Å². The Morgan fingerprint density at radius 3 is 1.54 bits per heavy atom. The molecule has 0 aromatic heterocycles. The number of aliphatic hydroxyl groups is 1. The predicted molar refractivity (Wildman–Crippen MR) is 91.2 cm³/mol. The molecule has 0 aliphatic carbocycles. The fourth-order valence-electron chi connectivity index (χ4n) is 2.37. The van der Waals surface area contributed by atoms with Crippen molar-refractivity contribution in [1.82, 2.24) is 0 Å². The van der Waals surface area contributed by atoms with E-state index in [4.69, 9.17) is 5.11 Å². The van der Waals surface area contributed by atoms with Crippen molar-refractivity contribution in [1.29, 1.82) is 0 Å². The average molecular weight is 401 g/mol. The molecule has 0 aliphatic rings. The summed E-state index contributed by atoms with van der Waals surface area (Å²) in [6.07, 6.45) is 0. The molecule has 0 bridgehead atoms. The van der Waals surface area contributed by atoms with Crippen LogP contribution in [0, 0.1) is 13.8 Å². The first-order valence-corrected chi connectivity index (χ1v) is 9.79. The zero-order valence-corrected chi connectivity index (χ0v) is 15.3. The molecule has 2 nitrogen and oxygen atoms in total. The molecule has 0 heterocycles. The zero-order valence-electron chi connectivity index (χ0n) is 14.4. The second kappa shape index (κ2) is 7.55. The molecular weight excluding hydrogens is 379 g/mol. The first-order chi connectivity index (χ1) is 11.6. The summed E-state index contributed by atoms with van der Waals surface area (Å²) < 4.78 is 59.2. The Hall–Kier alpha value is -1.63. The van der Waals surface area contributed by atoms with Crippen LogP contribution < -0.4 is 5.32 Å². The normalized spacial score (nSPS) is 14.0. The second-order valence-corrected chi connectivity index (χ2v) is 8.04. The Balaban J connectivity index is 0.000000412. The molecule has 9 heteroatoms. The van der Waals surface area contributed by atoms with Gasteiger partial charge in [-0.25, -0.2) is 0 Å². The van der Waals surface area contributed by atoms with Crippen LogP contribution in [0.15, 0.2) is 42.5 Å². The fraction of sp³-hybridized carbons (Fsp3) is 0.294. The van der Waals surface area contributed by atoms with E-state index in [2.05, 4.69) is 49.5 Å². The summed E-state index contributed by atoms with van der Waals surface area (Å²) in [6.45, 7) is 6.38. The topological polar surface area (TPSA) is 36.8 Å². The van der Waals surface area contributed by atoms with E-state index in [1.165, 1.54) is 22.3 Å². The van der Waals surface area contributed by atoms with Crippen molar-refractivity contribution < 1.29 is 35.6 Å². The van der Waals surface area contributed by atoms with Crippen LogP contribution in [0.25, 0.3) is 0 Å². The number of halogens is 6. The van der Waals surface area contributed by atoms with Gasteiger partial charge in [-0.05, 0) is 19.4 Å². The molecule has 0 saturated heterocycles. The van der Waals surface area contributed by atoms with Crippen molar-refractivity contribution in [3.05, 3.63) is 70.3 Å². The van der Waals surface area contributed by atoms with E-state index < -0.39 is 7.81 Å². The van der Waals surface area contributed by atoms with Gasteiger partial charge in [0.1, 0.15) is 13.1 Å². The van der Waals surface area contributed by atoms with E-state index in [0.717, 1.165) is 18.7 Å². The number of aryl methyl sites for hydroxylation is 2. The fourth-order valence-corrected chi connectivity index (χ4v) is 2.37. The van der Waals surface area contributed by atoms with Crippen molar-refractivity contribution >= 4 is 7.81 Å². The van der Waals surface area contributed by atoms with Crippen LogP contribution >= 0.6 is 7.81 Å². The van der Waals surface area contributed by atoms with Gasteiger partial charge in [-0.3, -0.25) is 0 Å². The first kappa shape index (κ1) is 22.4. The quantitative estimate of drug-likeness (QED) is 0.508. The van der Waals surface area contributed by atoms with Crippen molar-refractivity contribution in [2.24, 2.45) is 0 Å². The van der Waals surface area contributed by atoms with E-state index in [1.807, 2.05) is 12.1 Å². The molecular formula is C17H22F6NOP. The second-order valence-electron chi connectivity index (χ2n) is 6.13. The van der Waals surface area contributed by atoms with Crippen molar-refractivity contribution in [3.8, 4) is 0 Å². The van der Waals surface area contributed by atoms with Gasteiger partial charge >= 0.3 is 33.0 Å². The van der Waals surface area contributed by atoms with Gasteiger partial charge in [0.25, 0.3) is 0 Å². The molecule has 3 N–H and O–H groups in total. The van der Waals surface area contributed by atoms with E-state index in [-0.39, 0.29) is 6.61 Å². The van der Waals surface area contributed by atoms with Gasteiger partial charge in [0.05, 0.1) is 6.61 Å². The first-order valence-electron chi connectivity index (χ1n) is 7.76. The van der Waals surface area contributed by atoms with Gasteiger partial charge in [0, 0.05) is 11.1 Å². The van der Waals surface area contributed by atoms with E-state index in [0.29, 0.717) is 0 Å². The van der Waals surface area contributed by atoms with Crippen LogP contribution in [-0.2, 0) is 19.7 Å². The van der Waals surface area contributed by atoms with Crippen LogP contribution in [0.3, 0.4) is 0 Å². The molecule has 148 valence electrons. The standard InChI is InChI=1S/C17H21NO.F6P/c1-13-7-14(2)9-17(8-13)11-18-10-15-3-5-16(12-19)6-4-15;1-7(2,3,4,5)6/h3-9,18-19H,10-12H2,1-2H3;/q;-1/p+1. The van der Waals surface area contributed by atoms with Gasteiger partial charge in [0.2, 0.25) is 0 Å². The van der Waals surface area contributed by atoms with E-state index in [9.17, 15) is 25.2 Å². The third kappa shape index (κ3) is 12.7. The summed E-state index contributed by atoms with van der Waals surface area (Å²) >= 11 is 0. The van der Waals surface area contributed by atoms with Crippen LogP contribution in [0.2, 0.25) is 0 Å². The Kier molecular flexibility index (Phi) is 6.50. The third-order valence-electron chi connectivity index (χ3n) is 3.25. The Morgan fingerprint density at radius 2 is 1.12 bits per heavy atom. The number of quaternary nitrogens is 1. The molecule has 26 heavy (non-hydrogen) atoms. The molecule has 2 aromatic carbocycles. The molecule has 0 spiro atoms. The van der Waals surface area contributed by atoms with Crippen molar-refractivity contribution in [2.45, 2.75) is 33.5 Å². The Bertz CT molecular complexity index is 697. The van der Waals surface area contributed by atoms with Crippen LogP contribution in [-0.4, -0.2) is 5.11 Å². The number of rotatable bonds is 5. The molecule has 2 aromatic rings. The SMILES string of the molecule is Cc1cc(C)cc(C[NH2+]Cc2ccc(CO)cc2)c1.F[P-](F)(F)(F)(F)F. The third-order valence-corrected chi connectivity index (χ3v) is 3.25. The van der Waals surface area contributed by atoms with Gasteiger partial charge in [-0.1, -0.05) is 53.6 Å². The summed E-state index contributed by atoms with van der Waals surface area (Å²) in [5, 5.41) is 11.3. The molecule has 0 radical (unpaired) electrons. The average Bonchev–Trinajstić information content (AvgIpc) is 2.44. The van der Waals surface area contributed by atoms with Crippen molar-refractivity contribution in [2.75, 3.05) is 0 Å². The van der Waals surface area contributed by atoms with Crippen LogP contribution in [0.5, 0.6) is 0 Å². The molecule has 0 unspecified atom stereocenters. The number of benzene rings is 2. The van der Waals surface area contributed by atoms with Crippen LogP contribution in [0.4, 0.5) is 25.2 Å². The van der Waals surface area contributed by atoms with Gasteiger partial charge in [-0.2, -0.15) is 0 Å². The molecule has 2 rings (SSSR count). The minimum absolute atomic E-state index is 0.118. The Morgan fingerprint density at radius 1 is 0.731 bits per heavy atom. The van der Waals surface area contributed by atoms with Gasteiger partial charge in [-0.15, -0.1) is 0 Å². The number of hydrogen-bond donors (Lipinski definition) is 2. The maximum absolute atomic E-state index is 10.7. The molecule has 0 aliphatic heterocycles. The maximum atomic E-state index is 9.87. The summed E-state index contributed by atoms with van der Waals surface area (Å²) in [6, 6.07) is 14.8. The summed E-state index contributed by atoms with van der Waals surface area (Å²) in [7, 11) is -10.7. The molecule has 0 fully saturated rings. The predicted octanol–water partition coefficient (Wildman–Crippen LogP) is 5.44. The van der Waals surface area contributed by atoms with Gasteiger partial charge < -0.3 is 10.4 Å². The molecule has 0 saturated carbocycles.